The van der Waals surface area contributed by atoms with Crippen molar-refractivity contribution in [1.29, 1.82) is 0 Å². The number of nitrogens with two attached hydrogens (primary N) is 1. The summed E-state index contributed by atoms with van der Waals surface area (Å²) in [6, 6.07) is 2.95. The summed E-state index contributed by atoms with van der Waals surface area (Å²) >= 11 is 2.14. The number of hydrogen-bond acceptors (Lipinski definition) is 10. The van der Waals surface area contributed by atoms with Crippen LogP contribution >= 0.6 is 23.3 Å². The summed E-state index contributed by atoms with van der Waals surface area (Å²) in [7, 11) is 0. The molecule has 4 N–H and O–H groups in total. The zero-order valence-corrected chi connectivity index (χ0v) is 17.4. The van der Waals surface area contributed by atoms with E-state index in [0.717, 1.165) is 11.5 Å². The van der Waals surface area contributed by atoms with Gasteiger partial charge in [0.1, 0.15) is 17.1 Å². The van der Waals surface area contributed by atoms with E-state index < -0.39 is 35.2 Å². The molecule has 4 rings (SSSR count). The van der Waals surface area contributed by atoms with Gasteiger partial charge in [0.05, 0.1) is 0 Å². The fourth-order valence-electron chi connectivity index (χ4n) is 3.37. The molecule has 0 aliphatic carbocycles. The van der Waals surface area contributed by atoms with Crippen LogP contribution in [-0.2, 0) is 20.9 Å². The van der Waals surface area contributed by atoms with Gasteiger partial charge in [0.15, 0.2) is 29.9 Å². The summed E-state index contributed by atoms with van der Waals surface area (Å²) in [6.45, 7) is 0.317. The average Bonchev–Trinajstić information content (AvgIpc) is 3.18. The van der Waals surface area contributed by atoms with Crippen molar-refractivity contribution in [1.82, 2.24) is 19.6 Å². The summed E-state index contributed by atoms with van der Waals surface area (Å²) < 4.78 is 5.62. The summed E-state index contributed by atoms with van der Waals surface area (Å²) in [6.07, 6.45) is 3.60. The number of aromatic nitrogens is 3. The van der Waals surface area contributed by atoms with Crippen LogP contribution in [-0.4, -0.2) is 54.3 Å². The molecule has 2 aliphatic heterocycles. The van der Waals surface area contributed by atoms with Crippen LogP contribution in [0.25, 0.3) is 0 Å². The molecule has 2 unspecified atom stereocenters. The smallest absolute Gasteiger partial charge is 0.352 e. The highest BCUT2D eigenvalue weighted by molar-refractivity contribution is 8.00. The van der Waals surface area contributed by atoms with Crippen molar-refractivity contribution in [3.8, 4) is 0 Å². The number of carboxylic acids is 1. The molecule has 0 spiro atoms. The Bertz CT molecular complexity index is 1090. The Labute approximate surface area is 183 Å². The van der Waals surface area contributed by atoms with Crippen LogP contribution in [0.2, 0.25) is 0 Å². The Kier molecular flexibility index (Phi) is 5.65. The zero-order valence-electron chi connectivity index (χ0n) is 15.7. The van der Waals surface area contributed by atoms with Gasteiger partial charge in [0, 0.05) is 35.0 Å². The number of carbonyl (C=O) groups is 3. The van der Waals surface area contributed by atoms with Gasteiger partial charge in [-0.05, 0) is 5.18 Å². The van der Waals surface area contributed by atoms with Crippen molar-refractivity contribution in [2.24, 2.45) is 5.18 Å². The third-order valence-corrected chi connectivity index (χ3v) is 6.65. The van der Waals surface area contributed by atoms with Crippen LogP contribution < -0.4 is 15.6 Å². The van der Waals surface area contributed by atoms with Crippen LogP contribution in [0.1, 0.15) is 11.9 Å². The maximum Gasteiger partial charge on any atom is 0.352 e. The number of carboxylic acid groups (broad SMARTS) is 1. The quantitative estimate of drug-likeness (QED) is 0.282. The fraction of sp³-hybridized carbons (Fsp3) is 0.294. The minimum atomic E-state index is -1.55. The summed E-state index contributed by atoms with van der Waals surface area (Å²) in [5, 5.41) is 14.4. The molecule has 0 aromatic carbocycles. The second kappa shape index (κ2) is 8.39. The van der Waals surface area contributed by atoms with Crippen LogP contribution in [0.5, 0.6) is 0 Å². The molecule has 3 atom stereocenters. The van der Waals surface area contributed by atoms with Crippen molar-refractivity contribution >= 4 is 46.2 Å². The molecule has 0 bridgehead atoms. The second-order valence-electron chi connectivity index (χ2n) is 6.70. The number of rotatable bonds is 7. The number of fused-ring (bicyclic) bond motifs is 1. The molecule has 2 amide bonds. The standard InChI is InChI=1S/C17H15N7O5S2/c18-17-20-12(22-31-17)9(21-29)13(25)19-10-14(26)24-11(16(27)28)8(7-30-15(10)24)6-23-4-2-1-3-5-23/h1-5,9-10,15H,6-7H2,(H3-,18,19,20,22,25,27,28)/p+1/t9?,10?,15-/m0/s1. The number of nitroso groups, excluding NO2 is 1. The Morgan fingerprint density at radius 1 is 1.39 bits per heavy atom. The molecule has 2 aromatic heterocycles. The van der Waals surface area contributed by atoms with E-state index in [-0.39, 0.29) is 16.7 Å². The van der Waals surface area contributed by atoms with E-state index in [0.29, 0.717) is 17.9 Å². The van der Waals surface area contributed by atoms with Gasteiger partial charge in [-0.1, -0.05) is 6.07 Å². The van der Waals surface area contributed by atoms with Gasteiger partial charge in [-0.3, -0.25) is 14.5 Å². The first-order valence-corrected chi connectivity index (χ1v) is 10.8. The Morgan fingerprint density at radius 2 is 2.13 bits per heavy atom. The second-order valence-corrected chi connectivity index (χ2v) is 8.59. The van der Waals surface area contributed by atoms with Crippen molar-refractivity contribution in [2.45, 2.75) is 24.0 Å². The molecule has 1 fully saturated rings. The first-order chi connectivity index (χ1) is 14.9. The highest BCUT2D eigenvalue weighted by atomic mass is 32.2. The number of nitrogen functional groups attached to an aromatic ring is 1. The third kappa shape index (κ3) is 3.86. The highest BCUT2D eigenvalue weighted by Gasteiger charge is 2.55. The topological polar surface area (TPSA) is 172 Å². The van der Waals surface area contributed by atoms with E-state index in [4.69, 9.17) is 5.73 Å². The van der Waals surface area contributed by atoms with Crippen LogP contribution in [0, 0.1) is 4.91 Å². The Balaban J connectivity index is 1.51. The lowest BCUT2D eigenvalue weighted by Gasteiger charge is -2.49. The molecule has 0 radical (unpaired) electrons. The number of anilines is 1. The molecule has 0 saturated carbocycles. The van der Waals surface area contributed by atoms with E-state index in [1.165, 1.54) is 16.7 Å². The monoisotopic (exact) mass is 462 g/mol. The normalized spacial score (nSPS) is 21.2. The molecular weight excluding hydrogens is 446 g/mol. The number of β-lactam (4-membered cyclic amide) rings is 1. The van der Waals surface area contributed by atoms with Gasteiger partial charge in [-0.25, -0.2) is 14.3 Å². The first-order valence-electron chi connectivity index (χ1n) is 8.96. The molecule has 2 aliphatic rings. The maximum atomic E-state index is 12.7. The van der Waals surface area contributed by atoms with E-state index in [1.54, 1.807) is 12.4 Å². The number of nitrogens with one attached hydrogen (secondary N) is 1. The van der Waals surface area contributed by atoms with Crippen LogP contribution in [0.4, 0.5) is 5.13 Å². The lowest BCUT2D eigenvalue weighted by molar-refractivity contribution is -0.689. The van der Waals surface area contributed by atoms with E-state index in [9.17, 15) is 24.4 Å². The van der Waals surface area contributed by atoms with Crippen LogP contribution in [0.3, 0.4) is 0 Å². The highest BCUT2D eigenvalue weighted by Crippen LogP contribution is 2.40. The molecule has 2 aromatic rings. The van der Waals surface area contributed by atoms with Gasteiger partial charge < -0.3 is 16.2 Å². The Morgan fingerprint density at radius 3 is 2.74 bits per heavy atom. The number of hydrogen-bond donors (Lipinski definition) is 3. The number of amides is 2. The van der Waals surface area contributed by atoms with Gasteiger partial charge in [-0.2, -0.15) is 4.37 Å². The zero-order chi connectivity index (χ0) is 22.1. The summed E-state index contributed by atoms with van der Waals surface area (Å²) in [4.78, 5) is 53.2. The lowest BCUT2D eigenvalue weighted by atomic mass is 10.0. The number of nitrogens with zero attached hydrogens (tertiary/aromatic N) is 5. The van der Waals surface area contributed by atoms with Gasteiger partial charge >= 0.3 is 5.97 Å². The van der Waals surface area contributed by atoms with Gasteiger partial charge in [-0.15, -0.1) is 16.7 Å². The van der Waals surface area contributed by atoms with Crippen molar-refractivity contribution in [2.75, 3.05) is 11.5 Å². The Hall–Kier alpha value is -3.39. The minimum absolute atomic E-state index is 0.0743. The molecule has 14 heteroatoms. The SMILES string of the molecule is Nc1nc(C(N=O)C(=O)NC2C(=O)N3C(C(=O)O)=C(C[n+]4ccccc4)CS[C@@H]23)ns1. The number of carbonyl (C=O) groups excluding carboxylic acids is 2. The molecule has 4 heterocycles. The van der Waals surface area contributed by atoms with Gasteiger partial charge in [0.2, 0.25) is 6.04 Å². The van der Waals surface area contributed by atoms with Crippen LogP contribution in [0.15, 0.2) is 47.0 Å². The minimum Gasteiger partial charge on any atom is -0.477 e. The van der Waals surface area contributed by atoms with Crippen molar-refractivity contribution in [3.05, 3.63) is 52.6 Å². The van der Waals surface area contributed by atoms with Crippen molar-refractivity contribution in [3.63, 3.8) is 0 Å². The molecule has 1 saturated heterocycles. The average molecular weight is 462 g/mol. The van der Waals surface area contributed by atoms with Crippen molar-refractivity contribution < 1.29 is 24.1 Å². The van der Waals surface area contributed by atoms with Gasteiger partial charge in [0.25, 0.3) is 11.8 Å². The third-order valence-electron chi connectivity index (χ3n) is 4.75. The predicted molar refractivity (Wildman–Crippen MR) is 109 cm³/mol. The number of thioether (sulfide) groups is 1. The van der Waals surface area contributed by atoms with E-state index >= 15 is 0 Å². The number of aliphatic carboxylic acids is 1. The first kappa shape index (κ1) is 20.9. The molecule has 160 valence electrons. The molecular formula is C17H16N7O5S2+. The predicted octanol–water partition coefficient (Wildman–Crippen LogP) is -0.346. The summed E-state index contributed by atoms with van der Waals surface area (Å²) in [5.41, 5.74) is 5.97. The lowest BCUT2D eigenvalue weighted by Crippen LogP contribution is -2.71. The molecule has 12 nitrogen and oxygen atoms in total. The largest absolute Gasteiger partial charge is 0.477 e. The fourth-order valence-corrected chi connectivity index (χ4v) is 5.17. The van der Waals surface area contributed by atoms with E-state index in [1.807, 2.05) is 22.8 Å². The maximum absolute atomic E-state index is 12.7. The molecule has 31 heavy (non-hydrogen) atoms. The number of pyridine rings is 1. The summed E-state index contributed by atoms with van der Waals surface area (Å²) in [5.74, 6) is -2.43. The van der Waals surface area contributed by atoms with E-state index in [2.05, 4.69) is 19.9 Å².